The minimum absolute atomic E-state index is 0.0274. The van der Waals surface area contributed by atoms with Crippen LogP contribution in [0.25, 0.3) is 0 Å². The van der Waals surface area contributed by atoms with Crippen LogP contribution in [0.1, 0.15) is 27.6 Å². The van der Waals surface area contributed by atoms with Crippen LogP contribution in [0.15, 0.2) is 96.0 Å². The van der Waals surface area contributed by atoms with Crippen molar-refractivity contribution in [1.29, 1.82) is 0 Å². The van der Waals surface area contributed by atoms with Gasteiger partial charge in [0.2, 0.25) is 5.90 Å². The van der Waals surface area contributed by atoms with Gasteiger partial charge in [0.05, 0.1) is 0 Å². The Morgan fingerprint density at radius 1 is 0.760 bits per heavy atom. The lowest BCUT2D eigenvalue weighted by molar-refractivity contribution is 0.0890. The van der Waals surface area contributed by atoms with E-state index in [1.807, 2.05) is 91.0 Å². The highest BCUT2D eigenvalue weighted by Gasteiger charge is 2.38. The second-order valence-corrected chi connectivity index (χ2v) is 5.92. The first-order valence-corrected chi connectivity index (χ1v) is 8.27. The third kappa shape index (κ3) is 3.09. The number of carbonyl (C=O) groups excluding carboxylic acids is 1. The van der Waals surface area contributed by atoms with Gasteiger partial charge in [0.15, 0.2) is 17.9 Å². The van der Waals surface area contributed by atoms with Gasteiger partial charge in [-0.1, -0.05) is 78.9 Å². The van der Waals surface area contributed by atoms with Crippen molar-refractivity contribution in [3.05, 3.63) is 108 Å². The van der Waals surface area contributed by atoms with Crippen molar-refractivity contribution in [3.63, 3.8) is 0 Å². The molecule has 0 amide bonds. The minimum Gasteiger partial charge on any atom is -0.466 e. The van der Waals surface area contributed by atoms with Gasteiger partial charge in [0, 0.05) is 11.1 Å². The third-order valence-corrected chi connectivity index (χ3v) is 4.26. The molecule has 0 saturated heterocycles. The number of carbonyl (C=O) groups is 1. The van der Waals surface area contributed by atoms with Gasteiger partial charge in [-0.3, -0.25) is 4.79 Å². The Bertz CT molecular complexity index is 889. The van der Waals surface area contributed by atoms with E-state index >= 15 is 0 Å². The van der Waals surface area contributed by atoms with E-state index in [0.717, 1.165) is 11.1 Å². The first-order valence-electron chi connectivity index (χ1n) is 8.27. The number of ether oxygens (including phenoxy) is 1. The monoisotopic (exact) mass is 327 g/mol. The number of nitrogens with zero attached hydrogens (tertiary/aromatic N) is 1. The molecule has 1 aliphatic heterocycles. The van der Waals surface area contributed by atoms with Crippen molar-refractivity contribution >= 4 is 11.7 Å². The third-order valence-electron chi connectivity index (χ3n) is 4.26. The van der Waals surface area contributed by atoms with Gasteiger partial charge < -0.3 is 4.74 Å². The zero-order valence-corrected chi connectivity index (χ0v) is 13.6. The average molecular weight is 327 g/mol. The summed E-state index contributed by atoms with van der Waals surface area (Å²) in [5, 5.41) is 0. The fourth-order valence-corrected chi connectivity index (χ4v) is 2.99. The molecule has 0 bridgehead atoms. The molecule has 0 saturated carbocycles. The van der Waals surface area contributed by atoms with Crippen molar-refractivity contribution in [2.45, 2.75) is 12.1 Å². The summed E-state index contributed by atoms with van der Waals surface area (Å²) in [7, 11) is 0. The van der Waals surface area contributed by atoms with E-state index in [9.17, 15) is 4.79 Å². The van der Waals surface area contributed by atoms with Crippen LogP contribution in [-0.2, 0) is 4.74 Å². The molecule has 3 aromatic carbocycles. The normalized spacial score (nSPS) is 19.1. The lowest BCUT2D eigenvalue weighted by atomic mass is 9.96. The number of hydrogen-bond acceptors (Lipinski definition) is 3. The molecule has 0 unspecified atom stereocenters. The smallest absolute Gasteiger partial charge is 0.217 e. The maximum Gasteiger partial charge on any atom is 0.217 e. The van der Waals surface area contributed by atoms with Crippen LogP contribution in [0, 0.1) is 0 Å². The Hall–Kier alpha value is -3.20. The van der Waals surface area contributed by atoms with Crippen LogP contribution in [0.5, 0.6) is 0 Å². The molecule has 0 radical (unpaired) electrons. The summed E-state index contributed by atoms with van der Waals surface area (Å²) >= 11 is 0. The number of aliphatic imine (C=N–C) groups is 1. The maximum absolute atomic E-state index is 13.0. The van der Waals surface area contributed by atoms with E-state index < -0.39 is 12.1 Å². The van der Waals surface area contributed by atoms with Crippen molar-refractivity contribution in [2.24, 2.45) is 4.99 Å². The second-order valence-electron chi connectivity index (χ2n) is 5.92. The number of benzene rings is 3. The number of hydrogen-bond donors (Lipinski definition) is 0. The zero-order chi connectivity index (χ0) is 17.1. The summed E-state index contributed by atoms with van der Waals surface area (Å²) in [6, 6.07) is 28.2. The first-order chi connectivity index (χ1) is 12.3. The molecular weight excluding hydrogens is 310 g/mol. The van der Waals surface area contributed by atoms with E-state index in [0.29, 0.717) is 11.5 Å². The van der Waals surface area contributed by atoms with Crippen molar-refractivity contribution < 1.29 is 9.53 Å². The molecule has 1 aliphatic rings. The molecule has 0 aromatic heterocycles. The topological polar surface area (TPSA) is 38.7 Å². The van der Waals surface area contributed by atoms with Crippen LogP contribution in [0.2, 0.25) is 0 Å². The standard InChI is InChI=1S/C22H17NO2/c24-20(16-10-4-1-5-11-16)19-21(17-12-6-2-7-13-17)25-22(23-19)18-14-8-3-9-15-18/h1-15,19,21H/t19-,21-/m1/s1. The molecule has 3 aromatic rings. The summed E-state index contributed by atoms with van der Waals surface area (Å²) in [6.07, 6.45) is -0.413. The largest absolute Gasteiger partial charge is 0.466 e. The lowest BCUT2D eigenvalue weighted by Gasteiger charge is -2.17. The Morgan fingerprint density at radius 3 is 1.96 bits per heavy atom. The quantitative estimate of drug-likeness (QED) is 0.664. The van der Waals surface area contributed by atoms with E-state index in [1.54, 1.807) is 0 Å². The maximum atomic E-state index is 13.0. The number of Topliss-reactive ketones (excluding diaryl/α,β-unsaturated/α-hetero) is 1. The molecule has 0 N–H and O–H groups in total. The Balaban J connectivity index is 1.73. The van der Waals surface area contributed by atoms with Crippen LogP contribution in [0.3, 0.4) is 0 Å². The van der Waals surface area contributed by atoms with Gasteiger partial charge in [-0.15, -0.1) is 0 Å². The minimum atomic E-state index is -0.583. The molecule has 0 fully saturated rings. The summed E-state index contributed by atoms with van der Waals surface area (Å²) in [5.74, 6) is 0.490. The van der Waals surface area contributed by atoms with E-state index in [1.165, 1.54) is 0 Å². The predicted molar refractivity (Wildman–Crippen MR) is 97.8 cm³/mol. The van der Waals surface area contributed by atoms with Gasteiger partial charge in [0.25, 0.3) is 0 Å². The van der Waals surface area contributed by atoms with E-state index in [-0.39, 0.29) is 5.78 Å². The van der Waals surface area contributed by atoms with Gasteiger partial charge in [-0.05, 0) is 17.7 Å². The van der Waals surface area contributed by atoms with E-state index in [4.69, 9.17) is 4.74 Å². The average Bonchev–Trinajstić information content (AvgIpc) is 3.15. The van der Waals surface area contributed by atoms with Crippen LogP contribution < -0.4 is 0 Å². The summed E-state index contributed by atoms with van der Waals surface area (Å²) in [4.78, 5) is 17.7. The van der Waals surface area contributed by atoms with Crippen LogP contribution >= 0.6 is 0 Å². The SMILES string of the molecule is O=C(c1ccccc1)[C@H]1N=C(c2ccccc2)O[C@@H]1c1ccccc1. The Labute approximate surface area is 146 Å². The Morgan fingerprint density at radius 2 is 1.32 bits per heavy atom. The molecule has 122 valence electrons. The molecule has 3 nitrogen and oxygen atoms in total. The molecule has 0 aliphatic carbocycles. The van der Waals surface area contributed by atoms with Gasteiger partial charge in [0.1, 0.15) is 0 Å². The number of rotatable bonds is 4. The highest BCUT2D eigenvalue weighted by atomic mass is 16.5. The molecule has 4 rings (SSSR count). The molecule has 1 heterocycles. The number of ketones is 1. The molecule has 2 atom stereocenters. The van der Waals surface area contributed by atoms with Gasteiger partial charge >= 0.3 is 0 Å². The lowest BCUT2D eigenvalue weighted by Crippen LogP contribution is -2.24. The van der Waals surface area contributed by atoms with Gasteiger partial charge in [-0.25, -0.2) is 4.99 Å². The van der Waals surface area contributed by atoms with E-state index in [2.05, 4.69) is 4.99 Å². The summed E-state index contributed by atoms with van der Waals surface area (Å²) in [5.41, 5.74) is 2.48. The van der Waals surface area contributed by atoms with Crippen LogP contribution in [0.4, 0.5) is 0 Å². The highest BCUT2D eigenvalue weighted by molar-refractivity contribution is 6.05. The van der Waals surface area contributed by atoms with Crippen molar-refractivity contribution in [2.75, 3.05) is 0 Å². The predicted octanol–water partition coefficient (Wildman–Crippen LogP) is 4.46. The van der Waals surface area contributed by atoms with Crippen molar-refractivity contribution in [3.8, 4) is 0 Å². The first kappa shape index (κ1) is 15.3. The molecule has 25 heavy (non-hydrogen) atoms. The van der Waals surface area contributed by atoms with Crippen molar-refractivity contribution in [1.82, 2.24) is 0 Å². The van der Waals surface area contributed by atoms with Crippen LogP contribution in [-0.4, -0.2) is 17.7 Å². The zero-order valence-electron chi connectivity index (χ0n) is 13.6. The fourth-order valence-electron chi connectivity index (χ4n) is 2.99. The molecular formula is C22H17NO2. The summed E-state index contributed by atoms with van der Waals surface area (Å²) < 4.78 is 6.12. The fraction of sp³-hybridized carbons (Fsp3) is 0.0909. The highest BCUT2D eigenvalue weighted by Crippen LogP contribution is 2.33. The summed E-state index contributed by atoms with van der Waals surface area (Å²) in [6.45, 7) is 0. The molecule has 3 heteroatoms. The van der Waals surface area contributed by atoms with Gasteiger partial charge in [-0.2, -0.15) is 0 Å². The molecule has 0 spiro atoms. The Kier molecular flexibility index (Phi) is 4.13. The second kappa shape index (κ2) is 6.73.